The summed E-state index contributed by atoms with van der Waals surface area (Å²) in [5.74, 6) is 1.60. The van der Waals surface area contributed by atoms with Crippen molar-refractivity contribution in [3.8, 4) is 0 Å². The van der Waals surface area contributed by atoms with E-state index in [1.54, 1.807) is 12.1 Å². The van der Waals surface area contributed by atoms with Crippen molar-refractivity contribution >= 4 is 38.6 Å². The number of furan rings is 1. The lowest BCUT2D eigenvalue weighted by Gasteiger charge is -2.13. The third kappa shape index (κ3) is 3.77. The highest BCUT2D eigenvalue weighted by Gasteiger charge is 2.14. The third-order valence-electron chi connectivity index (χ3n) is 3.61. The van der Waals surface area contributed by atoms with Crippen molar-refractivity contribution in [1.29, 1.82) is 0 Å². The van der Waals surface area contributed by atoms with E-state index in [0.29, 0.717) is 34.3 Å². The minimum absolute atomic E-state index is 0.117. The first-order valence-electron chi connectivity index (χ1n) is 7.49. The Kier molecular flexibility index (Phi) is 4.59. The topological polar surface area (TPSA) is 95.3 Å². The summed E-state index contributed by atoms with van der Waals surface area (Å²) in [7, 11) is 1.93. The number of hydrogen-bond donors (Lipinski definition) is 4. The monoisotopic (exact) mass is 393 g/mol. The molecule has 1 aromatic carbocycles. The van der Waals surface area contributed by atoms with E-state index in [4.69, 9.17) is 4.42 Å². The van der Waals surface area contributed by atoms with E-state index in [2.05, 4.69) is 31.2 Å². The Bertz CT molecular complexity index is 940. The van der Waals surface area contributed by atoms with Crippen LogP contribution in [0, 0.1) is 6.92 Å². The molecule has 2 aromatic heterocycles. The smallest absolute Gasteiger partial charge is 0.323 e. The largest absolute Gasteiger partial charge is 0.460 e. The van der Waals surface area contributed by atoms with E-state index in [9.17, 15) is 9.59 Å². The summed E-state index contributed by atoms with van der Waals surface area (Å²) in [6.45, 7) is 2.82. The standard InChI is InChI=1S/C16H17BrN4O3/c1-9-3-4-10(24-9)7-21(2)8-15(22)18-12-6-14-13(5-11(12)17)19-16(23)20-14/h3-6H,7-8H2,1-2H3,(H,18,22)(H2,19,20,23)/p+1. The predicted octanol–water partition coefficient (Wildman–Crippen LogP) is 1.17. The SMILES string of the molecule is Cc1ccc(C[NH+](C)CC(=O)Nc2cc3[nH]c(=O)[nH]c3cc2Br)o1. The number of benzene rings is 1. The maximum atomic E-state index is 12.2. The number of nitrogens with one attached hydrogen (secondary N) is 4. The van der Waals surface area contributed by atoms with Gasteiger partial charge in [-0.15, -0.1) is 0 Å². The van der Waals surface area contributed by atoms with Crippen molar-refractivity contribution in [1.82, 2.24) is 9.97 Å². The molecule has 1 unspecified atom stereocenters. The number of quaternary nitrogens is 1. The van der Waals surface area contributed by atoms with Crippen molar-refractivity contribution in [2.45, 2.75) is 13.5 Å². The number of halogens is 1. The van der Waals surface area contributed by atoms with Gasteiger partial charge in [-0.05, 0) is 47.1 Å². The highest BCUT2D eigenvalue weighted by atomic mass is 79.9. The number of fused-ring (bicyclic) bond motifs is 1. The summed E-state index contributed by atoms with van der Waals surface area (Å²) in [5.41, 5.74) is 1.66. The number of carbonyl (C=O) groups is 1. The molecule has 0 fully saturated rings. The fourth-order valence-electron chi connectivity index (χ4n) is 2.56. The summed E-state index contributed by atoms with van der Waals surface area (Å²) < 4.78 is 6.23. The molecule has 1 amide bonds. The van der Waals surface area contributed by atoms with Gasteiger partial charge in [0.15, 0.2) is 12.3 Å². The Morgan fingerprint density at radius 1 is 1.29 bits per heavy atom. The van der Waals surface area contributed by atoms with E-state index in [0.717, 1.165) is 16.4 Å². The zero-order chi connectivity index (χ0) is 17.3. The first kappa shape index (κ1) is 16.5. The molecule has 24 heavy (non-hydrogen) atoms. The fourth-order valence-corrected chi connectivity index (χ4v) is 3.00. The molecule has 0 saturated heterocycles. The zero-order valence-corrected chi connectivity index (χ0v) is 14.9. The second kappa shape index (κ2) is 6.66. The number of H-pyrrole nitrogens is 2. The molecular weight excluding hydrogens is 376 g/mol. The van der Waals surface area contributed by atoms with Gasteiger partial charge in [0.25, 0.3) is 5.91 Å². The number of aromatic amines is 2. The Morgan fingerprint density at radius 2 is 2.00 bits per heavy atom. The van der Waals surface area contributed by atoms with Crippen LogP contribution in [0.5, 0.6) is 0 Å². The number of imidazole rings is 1. The number of aryl methyl sites for hydroxylation is 1. The Labute approximate surface area is 146 Å². The maximum Gasteiger partial charge on any atom is 0.323 e. The van der Waals surface area contributed by atoms with Crippen molar-refractivity contribution in [3.05, 3.63) is 50.7 Å². The van der Waals surface area contributed by atoms with Gasteiger partial charge < -0.3 is 24.6 Å². The van der Waals surface area contributed by atoms with Gasteiger partial charge in [-0.1, -0.05) is 0 Å². The van der Waals surface area contributed by atoms with E-state index in [1.165, 1.54) is 0 Å². The van der Waals surface area contributed by atoms with Gasteiger partial charge in [-0.25, -0.2) is 4.79 Å². The molecule has 126 valence electrons. The highest BCUT2D eigenvalue weighted by Crippen LogP contribution is 2.26. The molecule has 3 rings (SSSR count). The molecule has 0 bridgehead atoms. The predicted molar refractivity (Wildman–Crippen MR) is 94.2 cm³/mol. The van der Waals surface area contributed by atoms with Crippen LogP contribution in [0.1, 0.15) is 11.5 Å². The molecule has 3 aromatic rings. The van der Waals surface area contributed by atoms with Crippen LogP contribution in [0.4, 0.5) is 5.69 Å². The molecular formula is C16H18BrN4O3+. The fraction of sp³-hybridized carbons (Fsp3) is 0.250. The first-order chi connectivity index (χ1) is 11.4. The number of amides is 1. The second-order valence-corrected chi connectivity index (χ2v) is 6.68. The van der Waals surface area contributed by atoms with Gasteiger partial charge in [-0.3, -0.25) is 4.79 Å². The Balaban J connectivity index is 1.65. The lowest BCUT2D eigenvalue weighted by molar-refractivity contribution is -0.886. The Hall–Kier alpha value is -2.32. The molecule has 7 nitrogen and oxygen atoms in total. The lowest BCUT2D eigenvalue weighted by Crippen LogP contribution is -3.08. The minimum Gasteiger partial charge on any atom is -0.460 e. The molecule has 8 heteroatoms. The Morgan fingerprint density at radius 3 is 2.67 bits per heavy atom. The molecule has 0 aliphatic rings. The molecule has 0 aliphatic carbocycles. The van der Waals surface area contributed by atoms with Crippen molar-refractivity contribution in [2.24, 2.45) is 0 Å². The quantitative estimate of drug-likeness (QED) is 0.523. The van der Waals surface area contributed by atoms with Gasteiger partial charge in [0.2, 0.25) is 0 Å². The number of carbonyl (C=O) groups excluding carboxylic acids is 1. The lowest BCUT2D eigenvalue weighted by atomic mass is 10.2. The van der Waals surface area contributed by atoms with Crippen LogP contribution >= 0.6 is 15.9 Å². The number of anilines is 1. The van der Waals surface area contributed by atoms with Crippen LogP contribution in [0.15, 0.2) is 37.9 Å². The van der Waals surface area contributed by atoms with E-state index < -0.39 is 0 Å². The summed E-state index contributed by atoms with van der Waals surface area (Å²) in [6.07, 6.45) is 0. The molecule has 1 atom stereocenters. The number of likely N-dealkylation sites (N-methyl/N-ethyl adjacent to an activating group) is 1. The van der Waals surface area contributed by atoms with Crippen molar-refractivity contribution in [3.63, 3.8) is 0 Å². The first-order valence-corrected chi connectivity index (χ1v) is 8.28. The average molecular weight is 394 g/mol. The summed E-state index contributed by atoms with van der Waals surface area (Å²) in [5, 5.41) is 2.86. The molecule has 2 heterocycles. The summed E-state index contributed by atoms with van der Waals surface area (Å²) in [6, 6.07) is 7.31. The molecule has 0 radical (unpaired) electrons. The molecule has 4 N–H and O–H groups in total. The number of rotatable bonds is 5. The minimum atomic E-state index is -0.279. The maximum absolute atomic E-state index is 12.2. The molecule has 0 saturated carbocycles. The zero-order valence-electron chi connectivity index (χ0n) is 13.3. The van der Waals surface area contributed by atoms with E-state index in [-0.39, 0.29) is 11.6 Å². The van der Waals surface area contributed by atoms with E-state index in [1.807, 2.05) is 26.1 Å². The van der Waals surface area contributed by atoms with E-state index >= 15 is 0 Å². The third-order valence-corrected chi connectivity index (χ3v) is 4.27. The summed E-state index contributed by atoms with van der Waals surface area (Å²) >= 11 is 3.41. The second-order valence-electron chi connectivity index (χ2n) is 5.83. The highest BCUT2D eigenvalue weighted by molar-refractivity contribution is 9.10. The van der Waals surface area contributed by atoms with Gasteiger partial charge in [-0.2, -0.15) is 0 Å². The summed E-state index contributed by atoms with van der Waals surface area (Å²) in [4.78, 5) is 29.9. The van der Waals surface area contributed by atoms with Crippen LogP contribution in [0.3, 0.4) is 0 Å². The molecule has 0 spiro atoms. The van der Waals surface area contributed by atoms with Crippen LogP contribution in [-0.2, 0) is 11.3 Å². The van der Waals surface area contributed by atoms with Crippen LogP contribution < -0.4 is 15.9 Å². The average Bonchev–Trinajstić information content (AvgIpc) is 3.03. The van der Waals surface area contributed by atoms with Crippen molar-refractivity contribution in [2.75, 3.05) is 18.9 Å². The number of aromatic nitrogens is 2. The number of hydrogen-bond acceptors (Lipinski definition) is 3. The van der Waals surface area contributed by atoms with Crippen LogP contribution in [0.25, 0.3) is 11.0 Å². The van der Waals surface area contributed by atoms with Gasteiger partial charge in [0.1, 0.15) is 12.3 Å². The normalized spacial score (nSPS) is 12.5. The van der Waals surface area contributed by atoms with Gasteiger partial charge >= 0.3 is 5.69 Å². The van der Waals surface area contributed by atoms with Gasteiger partial charge in [0.05, 0.1) is 23.8 Å². The van der Waals surface area contributed by atoms with Crippen LogP contribution in [0.2, 0.25) is 0 Å². The molecule has 0 aliphatic heterocycles. The van der Waals surface area contributed by atoms with Crippen LogP contribution in [-0.4, -0.2) is 29.5 Å². The van der Waals surface area contributed by atoms with Gasteiger partial charge in [0, 0.05) is 4.47 Å². The van der Waals surface area contributed by atoms with Crippen molar-refractivity contribution < 1.29 is 14.1 Å².